The molecule has 1 N–H and O–H groups in total. The van der Waals surface area contributed by atoms with Gasteiger partial charge in [-0.1, -0.05) is 34.6 Å². The lowest BCUT2D eigenvalue weighted by Crippen LogP contribution is -2.46. The van der Waals surface area contributed by atoms with Crippen LogP contribution in [0.2, 0.25) is 0 Å². The van der Waals surface area contributed by atoms with Gasteiger partial charge in [0.2, 0.25) is 5.91 Å². The summed E-state index contributed by atoms with van der Waals surface area (Å²) in [7, 11) is 0. The molecule has 0 atom stereocenters. The minimum Gasteiger partial charge on any atom is -0.382 e. The van der Waals surface area contributed by atoms with Crippen molar-refractivity contribution in [2.75, 3.05) is 19.8 Å². The van der Waals surface area contributed by atoms with E-state index in [0.717, 1.165) is 19.6 Å². The fraction of sp³-hybridized carbons (Fsp3) is 0.929. The van der Waals surface area contributed by atoms with Gasteiger partial charge < -0.3 is 10.1 Å². The van der Waals surface area contributed by atoms with Gasteiger partial charge in [-0.3, -0.25) is 4.79 Å². The normalized spacial score (nSPS) is 12.2. The van der Waals surface area contributed by atoms with Gasteiger partial charge in [0.1, 0.15) is 0 Å². The molecular formula is C14H29NO2. The first-order valence-corrected chi connectivity index (χ1v) is 6.73. The highest BCUT2D eigenvalue weighted by Gasteiger charge is 2.39. The van der Waals surface area contributed by atoms with E-state index < -0.39 is 0 Å². The van der Waals surface area contributed by atoms with Crippen LogP contribution in [0.5, 0.6) is 0 Å². The topological polar surface area (TPSA) is 38.3 Å². The average molecular weight is 243 g/mol. The van der Waals surface area contributed by atoms with Gasteiger partial charge in [-0.15, -0.1) is 0 Å². The zero-order valence-corrected chi connectivity index (χ0v) is 12.3. The average Bonchev–Trinajstić information content (AvgIpc) is 2.26. The van der Waals surface area contributed by atoms with Gasteiger partial charge in [0.25, 0.3) is 0 Å². The van der Waals surface area contributed by atoms with Crippen LogP contribution in [0.25, 0.3) is 0 Å². The fourth-order valence-electron chi connectivity index (χ4n) is 1.90. The Bertz CT molecular complexity index is 216. The van der Waals surface area contributed by atoms with Gasteiger partial charge in [-0.25, -0.2) is 0 Å². The molecule has 17 heavy (non-hydrogen) atoms. The van der Waals surface area contributed by atoms with Crippen molar-refractivity contribution in [1.82, 2.24) is 5.32 Å². The predicted molar refractivity (Wildman–Crippen MR) is 71.9 cm³/mol. The van der Waals surface area contributed by atoms with E-state index in [4.69, 9.17) is 4.74 Å². The standard InChI is InChI=1S/C14H29NO2/c1-7-17-10-8-9-15-13(16)14(6,11(2)3)12(4)5/h11-12H,7-10H2,1-6H3,(H,15,16). The van der Waals surface area contributed by atoms with Crippen LogP contribution in [0.4, 0.5) is 0 Å². The van der Waals surface area contributed by atoms with E-state index in [1.807, 2.05) is 6.92 Å². The third-order valence-electron chi connectivity index (χ3n) is 3.84. The SMILES string of the molecule is CCOCCCNC(=O)C(C)(C(C)C)C(C)C. The van der Waals surface area contributed by atoms with Crippen molar-refractivity contribution in [3.05, 3.63) is 0 Å². The Kier molecular flexibility index (Phi) is 7.44. The van der Waals surface area contributed by atoms with Crippen molar-refractivity contribution in [3.63, 3.8) is 0 Å². The number of rotatable bonds is 8. The van der Waals surface area contributed by atoms with Crippen molar-refractivity contribution in [2.24, 2.45) is 17.3 Å². The summed E-state index contributed by atoms with van der Waals surface area (Å²) in [6, 6.07) is 0. The molecule has 102 valence electrons. The number of ether oxygens (including phenoxy) is 1. The largest absolute Gasteiger partial charge is 0.382 e. The summed E-state index contributed by atoms with van der Waals surface area (Å²) in [5.41, 5.74) is -0.286. The number of hydrogen-bond donors (Lipinski definition) is 1. The Morgan fingerprint density at radius 1 is 1.24 bits per heavy atom. The molecule has 0 unspecified atom stereocenters. The molecule has 0 saturated heterocycles. The van der Waals surface area contributed by atoms with E-state index in [1.54, 1.807) is 0 Å². The Labute approximate surface area is 106 Å². The third kappa shape index (κ3) is 4.66. The molecule has 0 fully saturated rings. The molecule has 0 aliphatic rings. The monoisotopic (exact) mass is 243 g/mol. The van der Waals surface area contributed by atoms with Gasteiger partial charge in [-0.2, -0.15) is 0 Å². The van der Waals surface area contributed by atoms with Crippen LogP contribution in [-0.4, -0.2) is 25.7 Å². The number of carbonyl (C=O) groups is 1. The fourth-order valence-corrected chi connectivity index (χ4v) is 1.90. The minimum absolute atomic E-state index is 0.166. The second-order valence-corrected chi connectivity index (χ2v) is 5.40. The highest BCUT2D eigenvalue weighted by molar-refractivity contribution is 5.82. The van der Waals surface area contributed by atoms with Crippen molar-refractivity contribution < 1.29 is 9.53 Å². The molecule has 0 bridgehead atoms. The first-order chi connectivity index (χ1) is 7.87. The molecule has 1 amide bonds. The molecule has 0 spiro atoms. The van der Waals surface area contributed by atoms with Gasteiger partial charge >= 0.3 is 0 Å². The summed E-state index contributed by atoms with van der Waals surface area (Å²) in [6.07, 6.45) is 0.881. The summed E-state index contributed by atoms with van der Waals surface area (Å²) in [5, 5.41) is 3.03. The second-order valence-electron chi connectivity index (χ2n) is 5.40. The van der Waals surface area contributed by atoms with E-state index in [0.29, 0.717) is 18.4 Å². The number of nitrogens with one attached hydrogen (secondary N) is 1. The molecule has 0 saturated carbocycles. The van der Waals surface area contributed by atoms with Crippen LogP contribution in [0.15, 0.2) is 0 Å². The minimum atomic E-state index is -0.286. The lowest BCUT2D eigenvalue weighted by Gasteiger charge is -2.36. The summed E-state index contributed by atoms with van der Waals surface area (Å²) >= 11 is 0. The summed E-state index contributed by atoms with van der Waals surface area (Å²) in [4.78, 5) is 12.2. The van der Waals surface area contributed by atoms with Crippen LogP contribution in [0.3, 0.4) is 0 Å². The van der Waals surface area contributed by atoms with Crippen LogP contribution in [0.1, 0.15) is 48.0 Å². The highest BCUT2D eigenvalue weighted by Crippen LogP contribution is 2.35. The number of carbonyl (C=O) groups excluding carboxylic acids is 1. The molecule has 0 rings (SSSR count). The van der Waals surface area contributed by atoms with E-state index in [9.17, 15) is 4.79 Å². The van der Waals surface area contributed by atoms with E-state index in [2.05, 4.69) is 39.9 Å². The molecule has 0 radical (unpaired) electrons. The van der Waals surface area contributed by atoms with Crippen molar-refractivity contribution in [1.29, 1.82) is 0 Å². The zero-order valence-electron chi connectivity index (χ0n) is 12.3. The molecule has 0 aromatic rings. The number of hydrogen-bond acceptors (Lipinski definition) is 2. The van der Waals surface area contributed by atoms with E-state index >= 15 is 0 Å². The predicted octanol–water partition coefficient (Wildman–Crippen LogP) is 2.85. The Morgan fingerprint density at radius 2 is 1.76 bits per heavy atom. The van der Waals surface area contributed by atoms with Crippen molar-refractivity contribution >= 4 is 5.91 Å². The van der Waals surface area contributed by atoms with Gasteiger partial charge in [0.15, 0.2) is 0 Å². The summed E-state index contributed by atoms with van der Waals surface area (Å²) in [6.45, 7) is 14.6. The van der Waals surface area contributed by atoms with Crippen LogP contribution >= 0.6 is 0 Å². The molecule has 3 nitrogen and oxygen atoms in total. The van der Waals surface area contributed by atoms with Gasteiger partial charge in [0, 0.05) is 19.8 Å². The molecule has 0 aromatic carbocycles. The maximum Gasteiger partial charge on any atom is 0.226 e. The molecular weight excluding hydrogens is 214 g/mol. The lowest BCUT2D eigenvalue weighted by molar-refractivity contribution is -0.135. The maximum absolute atomic E-state index is 12.2. The van der Waals surface area contributed by atoms with Gasteiger partial charge in [-0.05, 0) is 25.2 Å². The Balaban J connectivity index is 4.18. The Morgan fingerprint density at radius 3 is 2.18 bits per heavy atom. The first-order valence-electron chi connectivity index (χ1n) is 6.73. The quantitative estimate of drug-likeness (QED) is 0.666. The maximum atomic E-state index is 12.2. The summed E-state index contributed by atoms with van der Waals surface area (Å²) < 4.78 is 5.24. The first kappa shape index (κ1) is 16.4. The van der Waals surface area contributed by atoms with E-state index in [1.165, 1.54) is 0 Å². The van der Waals surface area contributed by atoms with Crippen LogP contribution in [-0.2, 0) is 9.53 Å². The van der Waals surface area contributed by atoms with Crippen LogP contribution < -0.4 is 5.32 Å². The second kappa shape index (κ2) is 7.70. The van der Waals surface area contributed by atoms with Crippen molar-refractivity contribution in [2.45, 2.75) is 48.0 Å². The molecule has 0 heterocycles. The highest BCUT2D eigenvalue weighted by atomic mass is 16.5. The number of amides is 1. The molecule has 0 aromatic heterocycles. The van der Waals surface area contributed by atoms with Crippen LogP contribution in [0, 0.1) is 17.3 Å². The third-order valence-corrected chi connectivity index (χ3v) is 3.84. The molecule has 0 aliphatic carbocycles. The molecule has 3 heteroatoms. The molecule has 0 aliphatic heterocycles. The Hall–Kier alpha value is -0.570. The van der Waals surface area contributed by atoms with E-state index in [-0.39, 0.29) is 11.3 Å². The summed E-state index contributed by atoms with van der Waals surface area (Å²) in [5.74, 6) is 0.850. The smallest absolute Gasteiger partial charge is 0.226 e. The zero-order chi connectivity index (χ0) is 13.5. The van der Waals surface area contributed by atoms with Crippen molar-refractivity contribution in [3.8, 4) is 0 Å². The van der Waals surface area contributed by atoms with Gasteiger partial charge in [0.05, 0.1) is 5.41 Å². The lowest BCUT2D eigenvalue weighted by atomic mass is 9.70.